The minimum absolute atomic E-state index is 0.0645. The van der Waals surface area contributed by atoms with Gasteiger partial charge in [0, 0.05) is 32.0 Å². The molecule has 4 heterocycles. The fourth-order valence-electron chi connectivity index (χ4n) is 3.80. The third kappa shape index (κ3) is 3.12. The monoisotopic (exact) mass is 373 g/mol. The number of aliphatic hydroxyl groups is 1. The zero-order valence-corrected chi connectivity index (χ0v) is 15.4. The van der Waals surface area contributed by atoms with Gasteiger partial charge in [-0.25, -0.2) is 0 Å². The lowest BCUT2D eigenvalue weighted by Gasteiger charge is -2.30. The predicted molar refractivity (Wildman–Crippen MR) is 93.4 cm³/mol. The van der Waals surface area contributed by atoms with Crippen molar-refractivity contribution in [3.63, 3.8) is 0 Å². The summed E-state index contributed by atoms with van der Waals surface area (Å²) in [5.74, 6) is 1.35. The van der Waals surface area contributed by atoms with Gasteiger partial charge in [-0.2, -0.15) is 0 Å². The third-order valence-electron chi connectivity index (χ3n) is 5.16. The van der Waals surface area contributed by atoms with Crippen LogP contribution in [0.5, 0.6) is 0 Å². The van der Waals surface area contributed by atoms with Gasteiger partial charge in [0.15, 0.2) is 17.4 Å². The molecule has 2 aliphatic rings. The van der Waals surface area contributed by atoms with Crippen LogP contribution < -0.4 is 0 Å². The molecule has 0 unspecified atom stereocenters. The van der Waals surface area contributed by atoms with Gasteiger partial charge in [0.1, 0.15) is 0 Å². The molecule has 0 aromatic carbocycles. The molecule has 4 rings (SSSR count). The molecule has 9 nitrogen and oxygen atoms in total. The first-order valence-corrected chi connectivity index (χ1v) is 9.19. The molecule has 2 aromatic rings. The fourth-order valence-corrected chi connectivity index (χ4v) is 3.80. The summed E-state index contributed by atoms with van der Waals surface area (Å²) in [5, 5.41) is 18.7. The molecule has 0 aliphatic carbocycles. The van der Waals surface area contributed by atoms with E-state index in [1.165, 1.54) is 6.26 Å². The van der Waals surface area contributed by atoms with Crippen molar-refractivity contribution in [3.8, 4) is 0 Å². The molecular weight excluding hydrogens is 350 g/mol. The number of likely N-dealkylation sites (tertiary alicyclic amines) is 1. The SMILES string of the molecule is CC(C)C(=O)N1CCn2c(nnc2[C@@H]2C[C@H](O)CN2C(=O)c2ccco2)C1. The maximum Gasteiger partial charge on any atom is 0.290 e. The van der Waals surface area contributed by atoms with E-state index < -0.39 is 6.10 Å². The van der Waals surface area contributed by atoms with E-state index in [-0.39, 0.29) is 36.1 Å². The van der Waals surface area contributed by atoms with Crippen LogP contribution in [0.15, 0.2) is 22.8 Å². The van der Waals surface area contributed by atoms with E-state index in [4.69, 9.17) is 4.42 Å². The Bertz CT molecular complexity index is 844. The molecule has 2 aromatic heterocycles. The van der Waals surface area contributed by atoms with Crippen molar-refractivity contribution in [2.24, 2.45) is 5.92 Å². The molecule has 0 radical (unpaired) electrons. The minimum atomic E-state index is -0.621. The maximum atomic E-state index is 12.8. The van der Waals surface area contributed by atoms with Crippen LogP contribution in [0.2, 0.25) is 0 Å². The summed E-state index contributed by atoms with van der Waals surface area (Å²) in [6.07, 6.45) is 1.23. The second-order valence-corrected chi connectivity index (χ2v) is 7.38. The number of carbonyl (C=O) groups excluding carboxylic acids is 2. The highest BCUT2D eigenvalue weighted by atomic mass is 16.3. The van der Waals surface area contributed by atoms with Crippen molar-refractivity contribution in [1.29, 1.82) is 0 Å². The van der Waals surface area contributed by atoms with E-state index in [0.29, 0.717) is 37.7 Å². The molecule has 1 fully saturated rings. The molecule has 2 amide bonds. The van der Waals surface area contributed by atoms with Gasteiger partial charge in [0.25, 0.3) is 5.91 Å². The van der Waals surface area contributed by atoms with Crippen LogP contribution in [0.1, 0.15) is 48.5 Å². The van der Waals surface area contributed by atoms with Gasteiger partial charge in [0.05, 0.1) is 25.0 Å². The molecular formula is C18H23N5O4. The number of fused-ring (bicyclic) bond motifs is 1. The number of carbonyl (C=O) groups is 2. The highest BCUT2D eigenvalue weighted by Crippen LogP contribution is 2.33. The highest BCUT2D eigenvalue weighted by molar-refractivity contribution is 5.92. The lowest BCUT2D eigenvalue weighted by molar-refractivity contribution is -0.136. The Labute approximate surface area is 156 Å². The zero-order chi connectivity index (χ0) is 19.1. The summed E-state index contributed by atoms with van der Waals surface area (Å²) in [4.78, 5) is 28.4. The topological polar surface area (TPSA) is 105 Å². The minimum Gasteiger partial charge on any atom is -0.459 e. The van der Waals surface area contributed by atoms with Crippen LogP contribution >= 0.6 is 0 Å². The average molecular weight is 373 g/mol. The highest BCUT2D eigenvalue weighted by Gasteiger charge is 2.40. The van der Waals surface area contributed by atoms with Crippen LogP contribution in [0.4, 0.5) is 0 Å². The maximum absolute atomic E-state index is 12.8. The number of aliphatic hydroxyl groups excluding tert-OH is 1. The van der Waals surface area contributed by atoms with E-state index >= 15 is 0 Å². The first-order valence-electron chi connectivity index (χ1n) is 9.19. The van der Waals surface area contributed by atoms with E-state index in [0.717, 1.165) is 0 Å². The summed E-state index contributed by atoms with van der Waals surface area (Å²) in [6, 6.07) is 2.90. The van der Waals surface area contributed by atoms with E-state index in [1.54, 1.807) is 21.9 Å². The standard InChI is InChI=1S/C18H23N5O4/c1-11(2)17(25)21-5-6-22-15(10-21)19-20-16(22)13-8-12(24)9-23(13)18(26)14-4-3-7-27-14/h3-4,7,11-13,24H,5-6,8-10H2,1-2H3/t12-,13-/m0/s1. The predicted octanol–water partition coefficient (Wildman–Crippen LogP) is 0.817. The van der Waals surface area contributed by atoms with Crippen molar-refractivity contribution in [2.45, 2.75) is 45.5 Å². The smallest absolute Gasteiger partial charge is 0.290 e. The number of amides is 2. The molecule has 1 N–H and O–H groups in total. The lowest BCUT2D eigenvalue weighted by atomic mass is 10.1. The van der Waals surface area contributed by atoms with Crippen molar-refractivity contribution in [3.05, 3.63) is 35.8 Å². The van der Waals surface area contributed by atoms with Crippen molar-refractivity contribution >= 4 is 11.8 Å². The average Bonchev–Trinajstić information content (AvgIpc) is 3.38. The normalized spacial score (nSPS) is 22.4. The number of furan rings is 1. The van der Waals surface area contributed by atoms with Gasteiger partial charge in [-0.3, -0.25) is 9.59 Å². The van der Waals surface area contributed by atoms with Crippen molar-refractivity contribution in [1.82, 2.24) is 24.6 Å². The van der Waals surface area contributed by atoms with Crippen LogP contribution in [-0.4, -0.2) is 60.7 Å². The Morgan fingerprint density at radius 2 is 2.11 bits per heavy atom. The molecule has 0 spiro atoms. The first-order chi connectivity index (χ1) is 13.0. The van der Waals surface area contributed by atoms with Crippen LogP contribution in [0.3, 0.4) is 0 Å². The largest absolute Gasteiger partial charge is 0.459 e. The number of rotatable bonds is 3. The summed E-state index contributed by atoms with van der Waals surface area (Å²) in [5.41, 5.74) is 0. The first kappa shape index (κ1) is 17.7. The van der Waals surface area contributed by atoms with Crippen LogP contribution in [-0.2, 0) is 17.9 Å². The summed E-state index contributed by atoms with van der Waals surface area (Å²) in [6.45, 7) is 5.55. The van der Waals surface area contributed by atoms with Gasteiger partial charge in [0.2, 0.25) is 5.91 Å². The molecule has 0 bridgehead atoms. The number of hydrogen-bond acceptors (Lipinski definition) is 6. The van der Waals surface area contributed by atoms with E-state index in [2.05, 4.69) is 10.2 Å². The van der Waals surface area contributed by atoms with Crippen LogP contribution in [0.25, 0.3) is 0 Å². The van der Waals surface area contributed by atoms with E-state index in [1.807, 2.05) is 18.4 Å². The summed E-state index contributed by atoms with van der Waals surface area (Å²) in [7, 11) is 0. The molecule has 1 saturated heterocycles. The Balaban J connectivity index is 1.59. The lowest BCUT2D eigenvalue weighted by Crippen LogP contribution is -2.41. The quantitative estimate of drug-likeness (QED) is 0.854. The van der Waals surface area contributed by atoms with Crippen LogP contribution in [0, 0.1) is 5.92 Å². The van der Waals surface area contributed by atoms with Gasteiger partial charge < -0.3 is 23.9 Å². The molecule has 27 heavy (non-hydrogen) atoms. The summed E-state index contributed by atoms with van der Waals surface area (Å²) < 4.78 is 7.19. The zero-order valence-electron chi connectivity index (χ0n) is 15.4. The fraction of sp³-hybridized carbons (Fsp3) is 0.556. The van der Waals surface area contributed by atoms with Gasteiger partial charge in [-0.1, -0.05) is 13.8 Å². The van der Waals surface area contributed by atoms with Crippen molar-refractivity contribution in [2.75, 3.05) is 13.1 Å². The molecule has 144 valence electrons. The van der Waals surface area contributed by atoms with Gasteiger partial charge in [-0.05, 0) is 12.1 Å². The third-order valence-corrected chi connectivity index (χ3v) is 5.16. The molecule has 2 aliphatic heterocycles. The Hall–Kier alpha value is -2.68. The van der Waals surface area contributed by atoms with Crippen molar-refractivity contribution < 1.29 is 19.1 Å². The molecule has 0 saturated carbocycles. The number of nitrogens with zero attached hydrogens (tertiary/aromatic N) is 5. The molecule has 9 heteroatoms. The van der Waals surface area contributed by atoms with Gasteiger partial charge >= 0.3 is 0 Å². The van der Waals surface area contributed by atoms with E-state index in [9.17, 15) is 14.7 Å². The Kier molecular flexibility index (Phi) is 4.47. The van der Waals surface area contributed by atoms with Gasteiger partial charge in [-0.15, -0.1) is 10.2 Å². The number of β-amino-alcohol motifs (C(OH)–C–C–N with tert-alkyl or cyclic N) is 1. The summed E-state index contributed by atoms with van der Waals surface area (Å²) >= 11 is 0. The Morgan fingerprint density at radius 3 is 2.81 bits per heavy atom. The number of aromatic nitrogens is 3. The second-order valence-electron chi connectivity index (χ2n) is 7.38. The Morgan fingerprint density at radius 1 is 1.30 bits per heavy atom. The second kappa shape index (κ2) is 6.80. The number of hydrogen-bond donors (Lipinski definition) is 1. The molecule has 2 atom stereocenters.